The van der Waals surface area contributed by atoms with E-state index < -0.39 is 5.60 Å². The van der Waals surface area contributed by atoms with Crippen LogP contribution in [-0.2, 0) is 20.8 Å². The Morgan fingerprint density at radius 3 is 2.73 bits per heavy atom. The van der Waals surface area contributed by atoms with Crippen LogP contribution >= 0.6 is 11.6 Å². The first kappa shape index (κ1) is 21.1. The highest BCUT2D eigenvalue weighted by molar-refractivity contribution is 6.30. The van der Waals surface area contributed by atoms with Gasteiger partial charge in [0, 0.05) is 49.6 Å². The fourth-order valence-corrected chi connectivity index (χ4v) is 3.99. The molecule has 1 atom stereocenters. The van der Waals surface area contributed by atoms with Gasteiger partial charge in [0.05, 0.1) is 32.6 Å². The topological polar surface area (TPSA) is 79.9 Å². The molecule has 2 fully saturated rings. The molecule has 0 spiro atoms. The predicted octanol–water partition coefficient (Wildman–Crippen LogP) is 1.96. The number of hydrogen-bond acceptors (Lipinski definition) is 6. The van der Waals surface area contributed by atoms with Crippen molar-refractivity contribution in [3.63, 3.8) is 0 Å². The van der Waals surface area contributed by atoms with Crippen molar-refractivity contribution in [3.05, 3.63) is 47.5 Å². The second-order valence-electron chi connectivity index (χ2n) is 7.73. The summed E-state index contributed by atoms with van der Waals surface area (Å²) in [7, 11) is 0. The third kappa shape index (κ3) is 5.51. The predicted molar refractivity (Wildman–Crippen MR) is 112 cm³/mol. The van der Waals surface area contributed by atoms with Gasteiger partial charge in [-0.3, -0.25) is 9.69 Å². The Balaban J connectivity index is 1.47. The largest absolute Gasteiger partial charge is 0.491 e. The van der Waals surface area contributed by atoms with Gasteiger partial charge in [0.25, 0.3) is 0 Å². The van der Waals surface area contributed by atoms with Gasteiger partial charge in [0.15, 0.2) is 0 Å². The molecule has 162 valence electrons. The standard InChI is InChI=1S/C21H27ClN4O4/c22-17-1-3-19(4-2-17)29-15-21(11-20(27)26-6-8-28-9-7-26)14-25(5-10-30-21)13-18-12-23-16-24-18/h1-4,12,16H,5-11,13-15H2,(H,23,24)/t21-/m0/s1. The summed E-state index contributed by atoms with van der Waals surface area (Å²) in [6, 6.07) is 7.22. The Kier molecular flexibility index (Phi) is 6.89. The van der Waals surface area contributed by atoms with Gasteiger partial charge in [-0.05, 0) is 24.3 Å². The van der Waals surface area contributed by atoms with Crippen molar-refractivity contribution in [1.29, 1.82) is 0 Å². The zero-order valence-corrected chi connectivity index (χ0v) is 17.6. The van der Waals surface area contributed by atoms with Crippen LogP contribution in [0.1, 0.15) is 12.1 Å². The maximum absolute atomic E-state index is 13.0. The Morgan fingerprint density at radius 2 is 2.00 bits per heavy atom. The number of nitrogens with one attached hydrogen (secondary N) is 1. The lowest BCUT2D eigenvalue weighted by molar-refractivity contribution is -0.159. The molecule has 3 heterocycles. The smallest absolute Gasteiger partial charge is 0.225 e. The van der Waals surface area contributed by atoms with Crippen molar-refractivity contribution in [2.75, 3.05) is 52.6 Å². The Morgan fingerprint density at radius 1 is 1.20 bits per heavy atom. The quantitative estimate of drug-likeness (QED) is 0.717. The van der Waals surface area contributed by atoms with Gasteiger partial charge in [-0.2, -0.15) is 0 Å². The minimum Gasteiger partial charge on any atom is -0.491 e. The van der Waals surface area contributed by atoms with Crippen LogP contribution in [0.15, 0.2) is 36.8 Å². The van der Waals surface area contributed by atoms with Crippen molar-refractivity contribution < 1.29 is 19.0 Å². The van der Waals surface area contributed by atoms with Crippen LogP contribution in [0.5, 0.6) is 5.75 Å². The number of halogens is 1. The average molecular weight is 435 g/mol. The van der Waals surface area contributed by atoms with E-state index in [1.807, 2.05) is 23.2 Å². The lowest BCUT2D eigenvalue weighted by atomic mass is 9.96. The number of nitrogens with zero attached hydrogens (tertiary/aromatic N) is 3. The Bertz CT molecular complexity index is 811. The summed E-state index contributed by atoms with van der Waals surface area (Å²) in [6.45, 7) is 5.30. The van der Waals surface area contributed by atoms with Gasteiger partial charge in [0.2, 0.25) is 5.91 Å². The van der Waals surface area contributed by atoms with E-state index in [0.717, 1.165) is 18.8 Å². The number of amides is 1. The first-order valence-electron chi connectivity index (χ1n) is 10.2. The monoisotopic (exact) mass is 434 g/mol. The second-order valence-corrected chi connectivity index (χ2v) is 8.17. The summed E-state index contributed by atoms with van der Waals surface area (Å²) in [5, 5.41) is 0.652. The molecule has 1 amide bonds. The van der Waals surface area contributed by atoms with Crippen molar-refractivity contribution in [2.24, 2.45) is 0 Å². The number of imidazole rings is 1. The van der Waals surface area contributed by atoms with Gasteiger partial charge in [-0.15, -0.1) is 0 Å². The molecule has 1 aromatic carbocycles. The number of carbonyl (C=O) groups excluding carboxylic acids is 1. The van der Waals surface area contributed by atoms with Gasteiger partial charge in [-0.1, -0.05) is 11.6 Å². The summed E-state index contributed by atoms with van der Waals surface area (Å²) in [4.78, 5) is 24.4. The molecule has 1 N–H and O–H groups in total. The van der Waals surface area contributed by atoms with E-state index in [1.54, 1.807) is 18.5 Å². The number of morpholine rings is 2. The molecule has 2 aliphatic rings. The number of aromatic nitrogens is 2. The number of carbonyl (C=O) groups is 1. The van der Waals surface area contributed by atoms with Gasteiger partial charge in [-0.25, -0.2) is 4.98 Å². The lowest BCUT2D eigenvalue weighted by Gasteiger charge is -2.43. The Labute approximate surface area is 181 Å². The highest BCUT2D eigenvalue weighted by Crippen LogP contribution is 2.27. The van der Waals surface area contributed by atoms with E-state index in [0.29, 0.717) is 50.2 Å². The second kappa shape index (κ2) is 9.78. The highest BCUT2D eigenvalue weighted by atomic mass is 35.5. The molecule has 2 aromatic rings. The zero-order chi connectivity index (χ0) is 20.8. The van der Waals surface area contributed by atoms with E-state index in [1.165, 1.54) is 0 Å². The van der Waals surface area contributed by atoms with Gasteiger partial charge in [0.1, 0.15) is 18.0 Å². The van der Waals surface area contributed by atoms with Crippen molar-refractivity contribution >= 4 is 17.5 Å². The summed E-state index contributed by atoms with van der Waals surface area (Å²) in [6.07, 6.45) is 3.76. The number of ether oxygens (including phenoxy) is 3. The zero-order valence-electron chi connectivity index (χ0n) is 16.9. The number of H-pyrrole nitrogens is 1. The number of hydrogen-bond donors (Lipinski definition) is 1. The maximum Gasteiger partial charge on any atom is 0.225 e. The molecule has 1 aromatic heterocycles. The highest BCUT2D eigenvalue weighted by Gasteiger charge is 2.41. The Hall–Kier alpha value is -2.13. The van der Waals surface area contributed by atoms with Crippen LogP contribution < -0.4 is 4.74 Å². The molecule has 0 radical (unpaired) electrons. The van der Waals surface area contributed by atoms with Crippen LogP contribution in [0.2, 0.25) is 5.02 Å². The van der Waals surface area contributed by atoms with Crippen molar-refractivity contribution in [1.82, 2.24) is 19.8 Å². The average Bonchev–Trinajstić information content (AvgIpc) is 3.27. The fraction of sp³-hybridized carbons (Fsp3) is 0.524. The van der Waals surface area contributed by atoms with E-state index in [4.69, 9.17) is 25.8 Å². The van der Waals surface area contributed by atoms with Gasteiger partial charge < -0.3 is 24.1 Å². The van der Waals surface area contributed by atoms with E-state index in [-0.39, 0.29) is 18.9 Å². The SMILES string of the molecule is O=C(C[C@@]1(COc2ccc(Cl)cc2)CN(Cc2cnc[nH]2)CCO1)N1CCOCC1. The molecule has 2 saturated heterocycles. The third-order valence-electron chi connectivity index (χ3n) is 5.43. The van der Waals surface area contributed by atoms with Crippen molar-refractivity contribution in [2.45, 2.75) is 18.6 Å². The summed E-state index contributed by atoms with van der Waals surface area (Å²) in [5.41, 5.74) is 0.303. The summed E-state index contributed by atoms with van der Waals surface area (Å²) < 4.78 is 17.7. The first-order chi connectivity index (χ1) is 14.6. The minimum atomic E-state index is -0.729. The molecular weight excluding hydrogens is 408 g/mol. The molecule has 2 aliphatic heterocycles. The molecule has 30 heavy (non-hydrogen) atoms. The molecule has 9 heteroatoms. The van der Waals surface area contributed by atoms with Crippen LogP contribution in [-0.4, -0.2) is 83.9 Å². The normalized spacial score (nSPS) is 22.8. The summed E-state index contributed by atoms with van der Waals surface area (Å²) >= 11 is 5.97. The van der Waals surface area contributed by atoms with Crippen LogP contribution in [0.4, 0.5) is 0 Å². The van der Waals surface area contributed by atoms with Gasteiger partial charge >= 0.3 is 0 Å². The van der Waals surface area contributed by atoms with Crippen LogP contribution in [0.25, 0.3) is 0 Å². The summed E-state index contributed by atoms with van der Waals surface area (Å²) in [5.74, 6) is 0.772. The number of rotatable bonds is 7. The molecule has 0 unspecified atom stereocenters. The number of aromatic amines is 1. The van der Waals surface area contributed by atoms with Crippen LogP contribution in [0, 0.1) is 0 Å². The molecule has 0 saturated carbocycles. The first-order valence-corrected chi connectivity index (χ1v) is 10.6. The van der Waals surface area contributed by atoms with Crippen molar-refractivity contribution in [3.8, 4) is 5.75 Å². The molecule has 0 bridgehead atoms. The molecular formula is C21H27ClN4O4. The minimum absolute atomic E-state index is 0.0707. The van der Waals surface area contributed by atoms with Crippen LogP contribution in [0.3, 0.4) is 0 Å². The fourth-order valence-electron chi connectivity index (χ4n) is 3.86. The number of benzene rings is 1. The van der Waals surface area contributed by atoms with E-state index in [9.17, 15) is 4.79 Å². The van der Waals surface area contributed by atoms with E-state index >= 15 is 0 Å². The van der Waals surface area contributed by atoms with E-state index in [2.05, 4.69) is 14.9 Å². The lowest BCUT2D eigenvalue weighted by Crippen LogP contribution is -2.57. The third-order valence-corrected chi connectivity index (χ3v) is 5.68. The maximum atomic E-state index is 13.0. The molecule has 8 nitrogen and oxygen atoms in total. The molecule has 0 aliphatic carbocycles. The molecule has 4 rings (SSSR count).